The van der Waals surface area contributed by atoms with Crippen LogP contribution in [0.3, 0.4) is 0 Å². The molecule has 0 amide bonds. The minimum absolute atomic E-state index is 0.258. The molecule has 0 aliphatic rings. The van der Waals surface area contributed by atoms with E-state index in [1.165, 1.54) is 6.07 Å². The van der Waals surface area contributed by atoms with Crippen LogP contribution in [0.2, 0.25) is 0 Å². The Labute approximate surface area is 111 Å². The molecule has 2 aromatic rings. The highest BCUT2D eigenvalue weighted by molar-refractivity contribution is 6.17. The minimum Gasteiger partial charge on any atom is -0.366 e. The molecule has 0 aliphatic heterocycles. The zero-order chi connectivity index (χ0) is 13.0. The average Bonchev–Trinajstić information content (AvgIpc) is 2.39. The molecule has 0 saturated carbocycles. The number of para-hydroxylation sites is 1. The molecule has 2 rings (SSSR count). The van der Waals surface area contributed by atoms with Crippen molar-refractivity contribution < 1.29 is 4.39 Å². The van der Waals surface area contributed by atoms with Crippen LogP contribution in [0, 0.1) is 5.82 Å². The fourth-order valence-electron chi connectivity index (χ4n) is 1.91. The number of aromatic nitrogens is 1. The predicted molar refractivity (Wildman–Crippen MR) is 72.3 cm³/mol. The maximum absolute atomic E-state index is 13.9. The number of alkyl halides is 1. The topological polar surface area (TPSA) is 16.1 Å². The predicted octanol–water partition coefficient (Wildman–Crippen LogP) is 3.60. The molecule has 0 atom stereocenters. The smallest absolute Gasteiger partial charge is 0.146 e. The fourth-order valence-corrected chi connectivity index (χ4v) is 2.12. The number of halogens is 2. The molecule has 18 heavy (non-hydrogen) atoms. The van der Waals surface area contributed by atoms with Crippen molar-refractivity contribution in [2.24, 2.45) is 0 Å². The molecule has 2 nitrogen and oxygen atoms in total. The van der Waals surface area contributed by atoms with Gasteiger partial charge >= 0.3 is 0 Å². The van der Waals surface area contributed by atoms with Crippen LogP contribution < -0.4 is 4.90 Å². The quantitative estimate of drug-likeness (QED) is 0.785. The standard InChI is InChI=1S/C14H14ClFN2/c1-18(10-12-6-2-3-8-17-12)14-11(9-15)5-4-7-13(14)16/h2-8H,9-10H2,1H3. The Bertz CT molecular complexity index is 516. The third kappa shape index (κ3) is 2.79. The van der Waals surface area contributed by atoms with Gasteiger partial charge in [0.2, 0.25) is 0 Å². The third-order valence-corrected chi connectivity index (χ3v) is 3.01. The highest BCUT2D eigenvalue weighted by Crippen LogP contribution is 2.25. The molecule has 4 heteroatoms. The van der Waals surface area contributed by atoms with E-state index in [9.17, 15) is 4.39 Å². The fraction of sp³-hybridized carbons (Fsp3) is 0.214. The van der Waals surface area contributed by atoms with E-state index in [1.807, 2.05) is 36.2 Å². The zero-order valence-electron chi connectivity index (χ0n) is 10.1. The second kappa shape index (κ2) is 5.83. The first kappa shape index (κ1) is 12.8. The van der Waals surface area contributed by atoms with E-state index < -0.39 is 0 Å². The zero-order valence-corrected chi connectivity index (χ0v) is 10.9. The van der Waals surface area contributed by atoms with Gasteiger partial charge in [-0.1, -0.05) is 18.2 Å². The highest BCUT2D eigenvalue weighted by Gasteiger charge is 2.12. The van der Waals surface area contributed by atoms with Crippen molar-refractivity contribution in [1.29, 1.82) is 0 Å². The summed E-state index contributed by atoms with van der Waals surface area (Å²) in [6.07, 6.45) is 1.73. The van der Waals surface area contributed by atoms with E-state index in [4.69, 9.17) is 11.6 Å². The Balaban J connectivity index is 2.26. The molecule has 0 aliphatic carbocycles. The van der Waals surface area contributed by atoms with E-state index in [0.717, 1.165) is 11.3 Å². The lowest BCUT2D eigenvalue weighted by Gasteiger charge is -2.22. The van der Waals surface area contributed by atoms with Gasteiger partial charge in [-0.05, 0) is 23.8 Å². The van der Waals surface area contributed by atoms with Crippen molar-refractivity contribution in [3.8, 4) is 0 Å². The molecule has 1 aromatic carbocycles. The molecular formula is C14H14ClFN2. The highest BCUT2D eigenvalue weighted by atomic mass is 35.5. The van der Waals surface area contributed by atoms with E-state index >= 15 is 0 Å². The van der Waals surface area contributed by atoms with Crippen LogP contribution in [-0.4, -0.2) is 12.0 Å². The molecule has 0 spiro atoms. The van der Waals surface area contributed by atoms with Gasteiger partial charge in [0.05, 0.1) is 17.9 Å². The van der Waals surface area contributed by atoms with Gasteiger partial charge in [0.1, 0.15) is 5.82 Å². The van der Waals surface area contributed by atoms with Gasteiger partial charge in [0.25, 0.3) is 0 Å². The largest absolute Gasteiger partial charge is 0.366 e. The lowest BCUT2D eigenvalue weighted by Crippen LogP contribution is -2.19. The normalized spacial score (nSPS) is 10.4. The minimum atomic E-state index is -0.258. The first-order chi connectivity index (χ1) is 8.72. The third-order valence-electron chi connectivity index (χ3n) is 2.72. The summed E-state index contributed by atoms with van der Waals surface area (Å²) in [7, 11) is 1.84. The number of nitrogens with zero attached hydrogens (tertiary/aromatic N) is 2. The second-order valence-electron chi connectivity index (χ2n) is 4.06. The van der Waals surface area contributed by atoms with E-state index in [0.29, 0.717) is 18.1 Å². The monoisotopic (exact) mass is 264 g/mol. The lowest BCUT2D eigenvalue weighted by atomic mass is 10.1. The summed E-state index contributed by atoms with van der Waals surface area (Å²) in [5.74, 6) is 0.0335. The molecule has 0 saturated heterocycles. The summed E-state index contributed by atoms with van der Waals surface area (Å²) in [4.78, 5) is 6.06. The van der Waals surface area contributed by atoms with Crippen LogP contribution in [-0.2, 0) is 12.4 Å². The van der Waals surface area contributed by atoms with E-state index in [1.54, 1.807) is 12.3 Å². The number of anilines is 1. The molecule has 0 N–H and O–H groups in total. The van der Waals surface area contributed by atoms with Gasteiger partial charge in [-0.25, -0.2) is 4.39 Å². The lowest BCUT2D eigenvalue weighted by molar-refractivity contribution is 0.620. The van der Waals surface area contributed by atoms with Gasteiger partial charge in [-0.3, -0.25) is 4.98 Å². The molecule has 0 fully saturated rings. The van der Waals surface area contributed by atoms with Gasteiger partial charge in [-0.2, -0.15) is 0 Å². The Morgan fingerprint density at radius 1 is 1.22 bits per heavy atom. The number of hydrogen-bond acceptors (Lipinski definition) is 2. The first-order valence-corrected chi connectivity index (χ1v) is 6.20. The van der Waals surface area contributed by atoms with Crippen molar-refractivity contribution >= 4 is 17.3 Å². The average molecular weight is 265 g/mol. The van der Waals surface area contributed by atoms with Crippen LogP contribution in [0.5, 0.6) is 0 Å². The molecule has 94 valence electrons. The SMILES string of the molecule is CN(Cc1ccccn1)c1c(F)cccc1CCl. The second-order valence-corrected chi connectivity index (χ2v) is 4.33. The summed E-state index contributed by atoms with van der Waals surface area (Å²) in [5.41, 5.74) is 2.22. The van der Waals surface area contributed by atoms with Crippen molar-refractivity contribution in [3.05, 3.63) is 59.7 Å². The van der Waals surface area contributed by atoms with Crippen LogP contribution in [0.25, 0.3) is 0 Å². The number of rotatable bonds is 4. The number of pyridine rings is 1. The summed E-state index contributed by atoms with van der Waals surface area (Å²) in [5, 5.41) is 0. The van der Waals surface area contributed by atoms with Crippen LogP contribution in [0.4, 0.5) is 10.1 Å². The number of hydrogen-bond donors (Lipinski definition) is 0. The molecule has 0 bridgehead atoms. The Morgan fingerprint density at radius 3 is 2.72 bits per heavy atom. The molecule has 1 heterocycles. The van der Waals surface area contributed by atoms with Crippen LogP contribution in [0.1, 0.15) is 11.3 Å². The molecular weight excluding hydrogens is 251 g/mol. The Hall–Kier alpha value is -1.61. The van der Waals surface area contributed by atoms with Crippen LogP contribution in [0.15, 0.2) is 42.6 Å². The van der Waals surface area contributed by atoms with Gasteiger partial charge in [-0.15, -0.1) is 11.6 Å². The maximum atomic E-state index is 13.9. The molecule has 0 unspecified atom stereocenters. The van der Waals surface area contributed by atoms with Crippen molar-refractivity contribution in [3.63, 3.8) is 0 Å². The first-order valence-electron chi connectivity index (χ1n) is 5.66. The van der Waals surface area contributed by atoms with Gasteiger partial charge in [0, 0.05) is 19.1 Å². The van der Waals surface area contributed by atoms with Gasteiger partial charge in [0.15, 0.2) is 0 Å². The summed E-state index contributed by atoms with van der Waals surface area (Å²) >= 11 is 5.84. The summed E-state index contributed by atoms with van der Waals surface area (Å²) in [6, 6.07) is 10.6. The summed E-state index contributed by atoms with van der Waals surface area (Å²) in [6.45, 7) is 0.547. The van der Waals surface area contributed by atoms with E-state index in [-0.39, 0.29) is 5.82 Å². The molecule has 1 aromatic heterocycles. The summed E-state index contributed by atoms with van der Waals surface area (Å²) < 4.78 is 13.9. The van der Waals surface area contributed by atoms with Crippen molar-refractivity contribution in [1.82, 2.24) is 4.98 Å². The van der Waals surface area contributed by atoms with Gasteiger partial charge < -0.3 is 4.90 Å². The van der Waals surface area contributed by atoms with Crippen molar-refractivity contribution in [2.45, 2.75) is 12.4 Å². The van der Waals surface area contributed by atoms with Crippen molar-refractivity contribution in [2.75, 3.05) is 11.9 Å². The number of benzene rings is 1. The van der Waals surface area contributed by atoms with Crippen LogP contribution >= 0.6 is 11.6 Å². The molecule has 0 radical (unpaired) electrons. The Morgan fingerprint density at radius 2 is 2.06 bits per heavy atom. The van der Waals surface area contributed by atoms with E-state index in [2.05, 4.69) is 4.98 Å². The Kier molecular flexibility index (Phi) is 4.15. The maximum Gasteiger partial charge on any atom is 0.146 e.